The molecule has 0 saturated carbocycles. The number of hydrogen-bond acceptors (Lipinski definition) is 3. The van der Waals surface area contributed by atoms with Gasteiger partial charge in [-0.25, -0.2) is 4.98 Å². The zero-order chi connectivity index (χ0) is 10.8. The number of nitrogens with zero attached hydrogens (tertiary/aromatic N) is 3. The van der Waals surface area contributed by atoms with Crippen molar-refractivity contribution >= 4 is 5.96 Å². The van der Waals surface area contributed by atoms with E-state index in [0.717, 1.165) is 0 Å². The smallest absolute Gasteiger partial charge is 0.188 e. The summed E-state index contributed by atoms with van der Waals surface area (Å²) in [5, 5.41) is 7.40. The maximum Gasteiger partial charge on any atom is 0.188 e. The van der Waals surface area contributed by atoms with Gasteiger partial charge in [0.15, 0.2) is 5.96 Å². The van der Waals surface area contributed by atoms with E-state index in [-0.39, 0.29) is 18.1 Å². The van der Waals surface area contributed by atoms with Crippen LogP contribution in [0, 0.1) is 5.41 Å². The molecule has 0 amide bonds. The van der Waals surface area contributed by atoms with E-state index >= 15 is 0 Å². The highest BCUT2D eigenvalue weighted by Gasteiger charge is 2.34. The Morgan fingerprint density at radius 1 is 1.60 bits per heavy atom. The summed E-state index contributed by atoms with van der Waals surface area (Å²) in [6.07, 6.45) is 5.46. The number of nitrogens with one attached hydrogen (secondary N) is 1. The van der Waals surface area contributed by atoms with Crippen molar-refractivity contribution in [2.45, 2.75) is 12.1 Å². The summed E-state index contributed by atoms with van der Waals surface area (Å²) < 4.78 is 7.38. The quantitative estimate of drug-likeness (QED) is 0.515. The Labute approximate surface area is 88.2 Å². The predicted molar refractivity (Wildman–Crippen MR) is 55.5 cm³/mol. The lowest BCUT2D eigenvalue weighted by atomic mass is 10.2. The van der Waals surface area contributed by atoms with Gasteiger partial charge >= 0.3 is 0 Å². The average molecular weight is 209 g/mol. The molecule has 2 heterocycles. The highest BCUT2D eigenvalue weighted by Crippen LogP contribution is 2.23. The Kier molecular flexibility index (Phi) is 2.59. The van der Waals surface area contributed by atoms with Gasteiger partial charge in [0, 0.05) is 32.6 Å². The first-order valence-corrected chi connectivity index (χ1v) is 4.81. The SMILES string of the molecule is CO[C@@H]1CN(C(=N)N)C[C@@H]1n1ccnc1. The van der Waals surface area contributed by atoms with Crippen LogP contribution in [0.15, 0.2) is 18.7 Å². The van der Waals surface area contributed by atoms with E-state index in [1.54, 1.807) is 24.5 Å². The predicted octanol–water partition coefficient (Wildman–Crippen LogP) is -0.352. The standard InChI is InChI=1S/C9H15N5O/c1-15-8-5-14(9(10)11)4-7(8)13-3-2-12-6-13/h2-3,6-8H,4-5H2,1H3,(H3,10,11)/t7-,8+/m0/s1. The minimum Gasteiger partial charge on any atom is -0.377 e. The normalized spacial score (nSPS) is 25.8. The second-order valence-corrected chi connectivity index (χ2v) is 3.64. The Morgan fingerprint density at radius 2 is 2.40 bits per heavy atom. The summed E-state index contributed by atoms with van der Waals surface area (Å²) >= 11 is 0. The number of rotatable bonds is 2. The van der Waals surface area contributed by atoms with Crippen LogP contribution in [0.25, 0.3) is 0 Å². The van der Waals surface area contributed by atoms with Crippen LogP contribution >= 0.6 is 0 Å². The Bertz CT molecular complexity index is 336. The van der Waals surface area contributed by atoms with Gasteiger partial charge in [0.05, 0.1) is 18.5 Å². The second-order valence-electron chi connectivity index (χ2n) is 3.64. The van der Waals surface area contributed by atoms with E-state index in [1.165, 1.54) is 0 Å². The van der Waals surface area contributed by atoms with Crippen LogP contribution in [0.4, 0.5) is 0 Å². The van der Waals surface area contributed by atoms with Crippen LogP contribution in [-0.2, 0) is 4.74 Å². The van der Waals surface area contributed by atoms with Crippen LogP contribution in [0.5, 0.6) is 0 Å². The van der Waals surface area contributed by atoms with Crippen molar-refractivity contribution in [3.8, 4) is 0 Å². The van der Waals surface area contributed by atoms with Gasteiger partial charge in [0.1, 0.15) is 0 Å². The summed E-state index contributed by atoms with van der Waals surface area (Å²) in [5.41, 5.74) is 5.46. The zero-order valence-electron chi connectivity index (χ0n) is 8.63. The largest absolute Gasteiger partial charge is 0.377 e. The van der Waals surface area contributed by atoms with Crippen molar-refractivity contribution in [1.82, 2.24) is 14.5 Å². The Balaban J connectivity index is 2.15. The van der Waals surface area contributed by atoms with Gasteiger partial charge in [0.25, 0.3) is 0 Å². The number of guanidine groups is 1. The number of methoxy groups -OCH3 is 1. The number of likely N-dealkylation sites (tertiary alicyclic amines) is 1. The lowest BCUT2D eigenvalue weighted by molar-refractivity contribution is 0.0841. The van der Waals surface area contributed by atoms with Crippen molar-refractivity contribution in [2.24, 2.45) is 5.73 Å². The van der Waals surface area contributed by atoms with Crippen LogP contribution in [0.1, 0.15) is 6.04 Å². The molecule has 0 aromatic carbocycles. The fraction of sp³-hybridized carbons (Fsp3) is 0.556. The Hall–Kier alpha value is -1.56. The number of nitrogens with two attached hydrogens (primary N) is 1. The first kappa shape index (κ1) is 9.97. The number of ether oxygens (including phenoxy) is 1. The Morgan fingerprint density at radius 3 is 2.93 bits per heavy atom. The molecule has 2 atom stereocenters. The molecule has 1 aliphatic rings. The molecular formula is C9H15N5O. The van der Waals surface area contributed by atoms with Crippen LogP contribution in [0.2, 0.25) is 0 Å². The number of imidazole rings is 1. The zero-order valence-corrected chi connectivity index (χ0v) is 8.63. The van der Waals surface area contributed by atoms with Crippen LogP contribution in [-0.4, -0.2) is 46.7 Å². The second kappa shape index (κ2) is 3.90. The summed E-state index contributed by atoms with van der Waals surface area (Å²) in [5.74, 6) is 0.0969. The van der Waals surface area contributed by atoms with Crippen LogP contribution in [0.3, 0.4) is 0 Å². The summed E-state index contributed by atoms with van der Waals surface area (Å²) in [6, 6.07) is 0.182. The maximum absolute atomic E-state index is 7.40. The molecule has 0 unspecified atom stereocenters. The summed E-state index contributed by atoms with van der Waals surface area (Å²) in [6.45, 7) is 1.36. The first-order chi connectivity index (χ1) is 7.22. The van der Waals surface area contributed by atoms with Crippen molar-refractivity contribution in [3.05, 3.63) is 18.7 Å². The molecule has 15 heavy (non-hydrogen) atoms. The third kappa shape index (κ3) is 1.80. The van der Waals surface area contributed by atoms with Gasteiger partial charge in [-0.2, -0.15) is 0 Å². The third-order valence-electron chi connectivity index (χ3n) is 2.79. The van der Waals surface area contributed by atoms with E-state index in [0.29, 0.717) is 13.1 Å². The maximum atomic E-state index is 7.40. The molecule has 0 aliphatic carbocycles. The van der Waals surface area contributed by atoms with E-state index in [1.807, 2.05) is 10.8 Å². The number of aromatic nitrogens is 2. The molecule has 82 valence electrons. The lowest BCUT2D eigenvalue weighted by Crippen LogP contribution is -2.35. The molecule has 3 N–H and O–H groups in total. The third-order valence-corrected chi connectivity index (χ3v) is 2.79. The molecule has 0 radical (unpaired) electrons. The van der Waals surface area contributed by atoms with E-state index in [4.69, 9.17) is 15.9 Å². The monoisotopic (exact) mass is 209 g/mol. The fourth-order valence-electron chi connectivity index (χ4n) is 1.94. The molecule has 0 bridgehead atoms. The minimum absolute atomic E-state index is 0.0584. The number of hydrogen-bond donors (Lipinski definition) is 2. The lowest BCUT2D eigenvalue weighted by Gasteiger charge is -2.17. The van der Waals surface area contributed by atoms with Crippen molar-refractivity contribution in [3.63, 3.8) is 0 Å². The van der Waals surface area contributed by atoms with E-state index in [2.05, 4.69) is 4.98 Å². The summed E-state index contributed by atoms with van der Waals surface area (Å²) in [4.78, 5) is 5.81. The molecule has 6 nitrogen and oxygen atoms in total. The van der Waals surface area contributed by atoms with Crippen LogP contribution < -0.4 is 5.73 Å². The summed E-state index contributed by atoms with van der Waals surface area (Å²) in [7, 11) is 1.68. The topological polar surface area (TPSA) is 80.2 Å². The van der Waals surface area contributed by atoms with Gasteiger partial charge in [-0.15, -0.1) is 0 Å². The first-order valence-electron chi connectivity index (χ1n) is 4.81. The van der Waals surface area contributed by atoms with Crippen molar-refractivity contribution < 1.29 is 4.74 Å². The molecule has 0 spiro atoms. The van der Waals surface area contributed by atoms with Gasteiger partial charge < -0.3 is 19.9 Å². The average Bonchev–Trinajstić information content (AvgIpc) is 2.86. The molecule has 1 aromatic heterocycles. The highest BCUT2D eigenvalue weighted by atomic mass is 16.5. The molecule has 1 fully saturated rings. The van der Waals surface area contributed by atoms with Gasteiger partial charge in [-0.1, -0.05) is 0 Å². The fourth-order valence-corrected chi connectivity index (χ4v) is 1.94. The molecular weight excluding hydrogens is 194 g/mol. The van der Waals surface area contributed by atoms with Gasteiger partial charge in [-0.3, -0.25) is 5.41 Å². The highest BCUT2D eigenvalue weighted by molar-refractivity contribution is 5.75. The van der Waals surface area contributed by atoms with E-state index < -0.39 is 0 Å². The molecule has 1 saturated heterocycles. The van der Waals surface area contributed by atoms with E-state index in [9.17, 15) is 0 Å². The minimum atomic E-state index is 0.0584. The van der Waals surface area contributed by atoms with Gasteiger partial charge in [-0.05, 0) is 0 Å². The molecule has 2 rings (SSSR count). The van der Waals surface area contributed by atoms with Crippen molar-refractivity contribution in [1.29, 1.82) is 5.41 Å². The van der Waals surface area contributed by atoms with Gasteiger partial charge in [0.2, 0.25) is 0 Å². The molecule has 6 heteroatoms. The molecule has 1 aliphatic heterocycles. The van der Waals surface area contributed by atoms with Crippen molar-refractivity contribution in [2.75, 3.05) is 20.2 Å². The molecule has 1 aromatic rings.